The van der Waals surface area contributed by atoms with Gasteiger partial charge >= 0.3 is 0 Å². The number of rotatable bonds is 6. The maximum Gasteiger partial charge on any atom is 0.164 e. The predicted octanol–water partition coefficient (Wildman–Crippen LogP) is 14.4. The summed E-state index contributed by atoms with van der Waals surface area (Å²) < 4.78 is 6.61. The maximum absolute atomic E-state index is 6.61. The van der Waals surface area contributed by atoms with E-state index in [2.05, 4.69) is 189 Å². The molecule has 9 aromatic carbocycles. The third-order valence-corrected chi connectivity index (χ3v) is 11.2. The van der Waals surface area contributed by atoms with Crippen molar-refractivity contribution in [2.45, 2.75) is 6.92 Å². The van der Waals surface area contributed by atoms with Crippen molar-refractivity contribution in [3.8, 4) is 67.5 Å². The highest BCUT2D eigenvalue weighted by atomic mass is 16.3. The molecular weight excluding hydrogens is 707 g/mol. The number of aromatic nitrogens is 3. The lowest BCUT2D eigenvalue weighted by atomic mass is 9.96. The number of aryl methyl sites for hydroxylation is 1. The Morgan fingerprint density at radius 2 is 0.897 bits per heavy atom. The van der Waals surface area contributed by atoms with E-state index in [1.54, 1.807) is 0 Å². The van der Waals surface area contributed by atoms with Crippen LogP contribution < -0.4 is 0 Å². The fraction of sp³-hybridized carbons (Fsp3) is 0.0185. The first kappa shape index (κ1) is 33.6. The maximum atomic E-state index is 6.61. The SMILES string of the molecule is Cc1ccc(-c2cccc(-c3nc(-c4ccc5c(c4)oc4cccc(-c6ccc(-c7ccccc7)cc6)c45)nc(-c4cc5ccccc5c5ccccc45)n3)c2)cc1. The molecule has 0 aliphatic heterocycles. The topological polar surface area (TPSA) is 51.8 Å². The van der Waals surface area contributed by atoms with E-state index >= 15 is 0 Å². The summed E-state index contributed by atoms with van der Waals surface area (Å²) in [4.78, 5) is 15.7. The Morgan fingerprint density at radius 1 is 0.328 bits per heavy atom. The highest BCUT2D eigenvalue weighted by Crippen LogP contribution is 2.40. The Balaban J connectivity index is 1.07. The molecule has 0 bridgehead atoms. The van der Waals surface area contributed by atoms with E-state index in [4.69, 9.17) is 19.4 Å². The molecule has 0 unspecified atom stereocenters. The zero-order valence-corrected chi connectivity index (χ0v) is 31.7. The van der Waals surface area contributed by atoms with Crippen LogP contribution in [-0.2, 0) is 0 Å². The molecule has 0 atom stereocenters. The van der Waals surface area contributed by atoms with Gasteiger partial charge < -0.3 is 4.42 Å². The van der Waals surface area contributed by atoms with Crippen molar-refractivity contribution in [2.24, 2.45) is 0 Å². The lowest BCUT2D eigenvalue weighted by molar-refractivity contribution is 0.669. The first-order valence-corrected chi connectivity index (χ1v) is 19.6. The van der Waals surface area contributed by atoms with Crippen LogP contribution in [0.3, 0.4) is 0 Å². The molecule has 0 aliphatic rings. The van der Waals surface area contributed by atoms with E-state index in [1.807, 2.05) is 12.1 Å². The molecule has 0 aliphatic carbocycles. The minimum Gasteiger partial charge on any atom is -0.456 e. The van der Waals surface area contributed by atoms with Crippen LogP contribution in [0, 0.1) is 6.92 Å². The summed E-state index contributed by atoms with van der Waals surface area (Å²) >= 11 is 0. The second kappa shape index (κ2) is 13.8. The number of furan rings is 1. The van der Waals surface area contributed by atoms with Gasteiger partial charge in [0.25, 0.3) is 0 Å². The van der Waals surface area contributed by atoms with Crippen LogP contribution in [0.4, 0.5) is 0 Å². The second-order valence-corrected chi connectivity index (χ2v) is 14.9. The molecule has 58 heavy (non-hydrogen) atoms. The second-order valence-electron chi connectivity index (χ2n) is 14.9. The molecule has 0 saturated heterocycles. The van der Waals surface area contributed by atoms with E-state index in [0.717, 1.165) is 77.0 Å². The summed E-state index contributed by atoms with van der Waals surface area (Å²) in [5.41, 5.74) is 12.5. The van der Waals surface area contributed by atoms with Gasteiger partial charge in [-0.3, -0.25) is 0 Å². The van der Waals surface area contributed by atoms with Gasteiger partial charge in [0.2, 0.25) is 0 Å². The Kier molecular flexibility index (Phi) is 8.00. The number of hydrogen-bond donors (Lipinski definition) is 0. The quantitative estimate of drug-likeness (QED) is 0.159. The molecule has 11 aromatic rings. The molecule has 2 heterocycles. The summed E-state index contributed by atoms with van der Waals surface area (Å²) in [6, 6.07) is 68.1. The lowest BCUT2D eigenvalue weighted by Gasteiger charge is -2.13. The van der Waals surface area contributed by atoms with Gasteiger partial charge in [-0.25, -0.2) is 15.0 Å². The fourth-order valence-corrected chi connectivity index (χ4v) is 8.26. The zero-order chi connectivity index (χ0) is 38.6. The van der Waals surface area contributed by atoms with Crippen molar-refractivity contribution in [2.75, 3.05) is 0 Å². The fourth-order valence-electron chi connectivity index (χ4n) is 8.26. The number of hydrogen-bond acceptors (Lipinski definition) is 4. The van der Waals surface area contributed by atoms with E-state index in [9.17, 15) is 0 Å². The minimum absolute atomic E-state index is 0.581. The monoisotopic (exact) mass is 741 g/mol. The summed E-state index contributed by atoms with van der Waals surface area (Å²) in [7, 11) is 0. The van der Waals surface area contributed by atoms with Crippen LogP contribution in [0.2, 0.25) is 0 Å². The van der Waals surface area contributed by atoms with Crippen LogP contribution >= 0.6 is 0 Å². The van der Waals surface area contributed by atoms with Gasteiger partial charge in [0, 0.05) is 27.5 Å². The summed E-state index contributed by atoms with van der Waals surface area (Å²) in [5, 5.41) is 6.72. The third kappa shape index (κ3) is 5.91. The lowest BCUT2D eigenvalue weighted by Crippen LogP contribution is -2.01. The van der Waals surface area contributed by atoms with E-state index in [-0.39, 0.29) is 0 Å². The Hall–Kier alpha value is -7.69. The van der Waals surface area contributed by atoms with Crippen LogP contribution in [0.5, 0.6) is 0 Å². The predicted molar refractivity (Wildman–Crippen MR) is 239 cm³/mol. The van der Waals surface area contributed by atoms with Crippen molar-refractivity contribution in [3.05, 3.63) is 200 Å². The number of nitrogens with zero attached hydrogens (tertiary/aromatic N) is 3. The van der Waals surface area contributed by atoms with Crippen LogP contribution in [-0.4, -0.2) is 15.0 Å². The van der Waals surface area contributed by atoms with Crippen molar-refractivity contribution < 1.29 is 4.42 Å². The van der Waals surface area contributed by atoms with Gasteiger partial charge in [-0.2, -0.15) is 0 Å². The molecule has 11 rings (SSSR count). The van der Waals surface area contributed by atoms with Crippen molar-refractivity contribution >= 4 is 43.5 Å². The van der Waals surface area contributed by atoms with E-state index in [0.29, 0.717) is 17.5 Å². The average molecular weight is 742 g/mol. The van der Waals surface area contributed by atoms with Crippen LogP contribution in [0.15, 0.2) is 199 Å². The van der Waals surface area contributed by atoms with Crippen molar-refractivity contribution in [3.63, 3.8) is 0 Å². The molecule has 0 fully saturated rings. The molecule has 0 N–H and O–H groups in total. The van der Waals surface area contributed by atoms with Crippen LogP contribution in [0.25, 0.3) is 111 Å². The summed E-state index contributed by atoms with van der Waals surface area (Å²) in [6.07, 6.45) is 0. The average Bonchev–Trinajstić information content (AvgIpc) is 3.68. The van der Waals surface area contributed by atoms with Crippen molar-refractivity contribution in [1.29, 1.82) is 0 Å². The van der Waals surface area contributed by atoms with Gasteiger partial charge in [-0.1, -0.05) is 169 Å². The zero-order valence-electron chi connectivity index (χ0n) is 31.7. The molecule has 2 aromatic heterocycles. The largest absolute Gasteiger partial charge is 0.456 e. The Bertz CT molecular complexity index is 3330. The third-order valence-electron chi connectivity index (χ3n) is 11.2. The van der Waals surface area contributed by atoms with Gasteiger partial charge in [0.05, 0.1) is 0 Å². The Labute approximate surface area is 335 Å². The number of benzene rings is 9. The molecular formula is C54H35N3O. The van der Waals surface area contributed by atoms with Gasteiger partial charge in [-0.05, 0) is 92.2 Å². The van der Waals surface area contributed by atoms with E-state index < -0.39 is 0 Å². The molecule has 0 amide bonds. The molecule has 272 valence electrons. The Morgan fingerprint density at radius 3 is 1.71 bits per heavy atom. The molecule has 0 saturated carbocycles. The van der Waals surface area contributed by atoms with Gasteiger partial charge in [0.1, 0.15) is 11.2 Å². The molecule has 4 nitrogen and oxygen atoms in total. The summed E-state index contributed by atoms with van der Waals surface area (Å²) in [6.45, 7) is 2.11. The van der Waals surface area contributed by atoms with Crippen LogP contribution in [0.1, 0.15) is 5.56 Å². The normalized spacial score (nSPS) is 11.5. The smallest absolute Gasteiger partial charge is 0.164 e. The first-order chi connectivity index (χ1) is 28.6. The minimum atomic E-state index is 0.581. The first-order valence-electron chi connectivity index (χ1n) is 19.6. The van der Waals surface area contributed by atoms with Gasteiger partial charge in [-0.15, -0.1) is 0 Å². The molecule has 4 heteroatoms. The highest BCUT2D eigenvalue weighted by molar-refractivity contribution is 6.14. The molecule has 0 spiro atoms. The standard InChI is InChI=1S/C54H35N3O/c1-34-21-23-37(24-22-34)39-14-9-15-41(31-39)52-55-53(57-54(56-52)48-32-40-13-5-6-16-43(40)45-17-7-8-18-46(45)48)42-29-30-47-50(33-42)58-49-20-10-19-44(51(47)49)38-27-25-36(26-28-38)35-11-3-2-4-12-35/h2-33H,1H3. The van der Waals surface area contributed by atoms with Gasteiger partial charge in [0.15, 0.2) is 17.5 Å². The molecule has 0 radical (unpaired) electrons. The van der Waals surface area contributed by atoms with E-state index in [1.165, 1.54) is 22.1 Å². The highest BCUT2D eigenvalue weighted by Gasteiger charge is 2.19. The number of fused-ring (bicyclic) bond motifs is 6. The van der Waals surface area contributed by atoms with Crippen molar-refractivity contribution in [1.82, 2.24) is 15.0 Å². The summed E-state index contributed by atoms with van der Waals surface area (Å²) in [5.74, 6) is 1.81.